The van der Waals surface area contributed by atoms with Gasteiger partial charge in [0.05, 0.1) is 18.4 Å². The molecule has 1 aromatic rings. The van der Waals surface area contributed by atoms with Crippen LogP contribution in [0.1, 0.15) is 5.56 Å². The molecule has 0 atom stereocenters. The Morgan fingerprint density at radius 1 is 1.62 bits per heavy atom. The van der Waals surface area contributed by atoms with Crippen molar-refractivity contribution in [2.24, 2.45) is 5.73 Å². The lowest BCUT2D eigenvalue weighted by Gasteiger charge is -2.11. The fraction of sp³-hybridized carbons (Fsp3) is 0.222. The first kappa shape index (κ1) is 12.1. The highest BCUT2D eigenvalue weighted by atomic mass is 16.5. The van der Waals surface area contributed by atoms with Crippen LogP contribution in [0.5, 0.6) is 0 Å². The second-order valence-corrected chi connectivity index (χ2v) is 3.02. The first-order valence-corrected chi connectivity index (χ1v) is 4.45. The number of pyridine rings is 1. The summed E-state index contributed by atoms with van der Waals surface area (Å²) in [4.78, 5) is 14.6. The molecule has 1 amide bonds. The predicted molar refractivity (Wildman–Crippen MR) is 57.0 cm³/mol. The summed E-state index contributed by atoms with van der Waals surface area (Å²) in [6.45, 7) is -0.134. The van der Waals surface area contributed by atoms with Crippen LogP contribution in [0.25, 0.3) is 0 Å². The Kier molecular flexibility index (Phi) is 3.92. The van der Waals surface area contributed by atoms with E-state index in [1.54, 1.807) is 0 Å². The van der Waals surface area contributed by atoms with Gasteiger partial charge in [0.25, 0.3) is 5.91 Å². The number of primary amides is 1. The molecule has 1 aromatic heterocycles. The van der Waals surface area contributed by atoms with Gasteiger partial charge < -0.3 is 21.3 Å². The van der Waals surface area contributed by atoms with Crippen molar-refractivity contribution in [1.82, 2.24) is 4.98 Å². The number of hydrogen-bond acceptors (Lipinski definition) is 6. The van der Waals surface area contributed by atoms with Crippen LogP contribution < -0.4 is 11.1 Å². The van der Waals surface area contributed by atoms with E-state index in [9.17, 15) is 4.79 Å². The van der Waals surface area contributed by atoms with Gasteiger partial charge in [-0.2, -0.15) is 0 Å². The first-order chi connectivity index (χ1) is 7.52. The molecule has 0 fully saturated rings. The average Bonchev–Trinajstić information content (AvgIpc) is 2.25. The monoisotopic (exact) mass is 224 g/mol. The highest BCUT2D eigenvalue weighted by molar-refractivity contribution is 6.44. The topological polar surface area (TPSA) is 132 Å². The van der Waals surface area contributed by atoms with Gasteiger partial charge in [0.1, 0.15) is 5.71 Å². The van der Waals surface area contributed by atoms with E-state index in [2.05, 4.69) is 10.3 Å². The van der Waals surface area contributed by atoms with Gasteiger partial charge in [-0.15, -0.1) is 0 Å². The maximum Gasteiger partial charge on any atom is 0.267 e. The highest BCUT2D eigenvalue weighted by Gasteiger charge is 2.12. The Bertz CT molecular complexity index is 405. The van der Waals surface area contributed by atoms with E-state index < -0.39 is 12.2 Å². The number of aromatic nitrogens is 1. The average molecular weight is 224 g/mol. The van der Waals surface area contributed by atoms with Crippen LogP contribution in [0, 0.1) is 5.41 Å². The molecule has 0 aliphatic carbocycles. The number of carbonyl (C=O) groups is 1. The van der Waals surface area contributed by atoms with Crippen molar-refractivity contribution in [3.8, 4) is 0 Å². The van der Waals surface area contributed by atoms with Crippen LogP contribution in [0.4, 0.5) is 5.69 Å². The number of nitrogens with zero attached hydrogens (tertiary/aromatic N) is 1. The van der Waals surface area contributed by atoms with Crippen LogP contribution in [-0.2, 0) is 4.79 Å². The Morgan fingerprint density at radius 2 is 2.31 bits per heavy atom. The summed E-state index contributed by atoms with van der Waals surface area (Å²) >= 11 is 0. The summed E-state index contributed by atoms with van der Waals surface area (Å²) in [5.41, 5.74) is 5.23. The molecule has 0 spiro atoms. The quantitative estimate of drug-likeness (QED) is 0.312. The number of carbonyl (C=O) groups excluding carboxylic acids is 1. The molecule has 7 nitrogen and oxygen atoms in total. The van der Waals surface area contributed by atoms with Gasteiger partial charge in [-0.1, -0.05) is 0 Å². The van der Waals surface area contributed by atoms with Crippen molar-refractivity contribution in [1.29, 1.82) is 5.41 Å². The molecule has 0 saturated carbocycles. The van der Waals surface area contributed by atoms with E-state index in [-0.39, 0.29) is 17.8 Å². The zero-order chi connectivity index (χ0) is 12.1. The lowest BCUT2D eigenvalue weighted by atomic mass is 10.1. The van der Waals surface area contributed by atoms with Crippen molar-refractivity contribution in [3.05, 3.63) is 24.0 Å². The van der Waals surface area contributed by atoms with E-state index in [0.717, 1.165) is 0 Å². The third kappa shape index (κ3) is 3.01. The number of nitrogens with two attached hydrogens (primary N) is 1. The number of nitrogens with one attached hydrogen (secondary N) is 2. The Labute approximate surface area is 91.4 Å². The molecule has 6 N–H and O–H groups in total. The van der Waals surface area contributed by atoms with Crippen molar-refractivity contribution < 1.29 is 15.0 Å². The Morgan fingerprint density at radius 3 is 2.88 bits per heavy atom. The molecule has 7 heteroatoms. The molecule has 0 aromatic carbocycles. The number of amides is 1. The smallest absolute Gasteiger partial charge is 0.267 e. The van der Waals surface area contributed by atoms with Gasteiger partial charge in [-0.25, -0.2) is 0 Å². The van der Waals surface area contributed by atoms with Crippen LogP contribution in [0.15, 0.2) is 18.5 Å². The summed E-state index contributed by atoms with van der Waals surface area (Å²) in [6.07, 6.45) is 1.25. The minimum absolute atomic E-state index is 0.134. The molecule has 0 radical (unpaired) electrons. The number of aliphatic hydroxyl groups excluding tert-OH is 1. The van der Waals surface area contributed by atoms with Crippen molar-refractivity contribution in [2.45, 2.75) is 6.29 Å². The third-order valence-corrected chi connectivity index (χ3v) is 1.81. The largest absolute Gasteiger partial charge is 0.378 e. The lowest BCUT2D eigenvalue weighted by Crippen LogP contribution is -2.25. The maximum absolute atomic E-state index is 10.8. The molecular weight excluding hydrogens is 212 g/mol. The second-order valence-electron chi connectivity index (χ2n) is 3.02. The van der Waals surface area contributed by atoms with Crippen molar-refractivity contribution in [3.63, 3.8) is 0 Å². The summed E-state index contributed by atoms with van der Waals surface area (Å²) in [7, 11) is 0. The van der Waals surface area contributed by atoms with E-state index in [1.807, 2.05) is 0 Å². The summed E-state index contributed by atoms with van der Waals surface area (Å²) in [5.74, 6) is -0.862. The van der Waals surface area contributed by atoms with Crippen molar-refractivity contribution in [2.75, 3.05) is 11.9 Å². The molecular formula is C9H12N4O3. The van der Waals surface area contributed by atoms with Crippen LogP contribution in [0.2, 0.25) is 0 Å². The Hall–Kier alpha value is -1.99. The van der Waals surface area contributed by atoms with Gasteiger partial charge >= 0.3 is 0 Å². The number of aliphatic hydroxyl groups is 2. The van der Waals surface area contributed by atoms with Gasteiger partial charge in [-0.05, 0) is 6.07 Å². The number of hydrogen-bond donors (Lipinski definition) is 5. The zero-order valence-corrected chi connectivity index (χ0v) is 8.34. The first-order valence-electron chi connectivity index (χ1n) is 4.45. The van der Waals surface area contributed by atoms with Crippen molar-refractivity contribution >= 4 is 17.3 Å². The molecule has 1 heterocycles. The van der Waals surface area contributed by atoms with E-state index in [0.29, 0.717) is 5.69 Å². The van der Waals surface area contributed by atoms with E-state index in [4.69, 9.17) is 21.4 Å². The summed E-state index contributed by atoms with van der Waals surface area (Å²) in [6, 6.07) is 1.44. The van der Waals surface area contributed by atoms with Crippen LogP contribution in [0.3, 0.4) is 0 Å². The Balaban J connectivity index is 2.91. The summed E-state index contributed by atoms with van der Waals surface area (Å²) < 4.78 is 0. The molecule has 86 valence electrons. The van der Waals surface area contributed by atoms with Gasteiger partial charge in [0.15, 0.2) is 6.29 Å². The van der Waals surface area contributed by atoms with Crippen LogP contribution >= 0.6 is 0 Å². The number of rotatable bonds is 5. The second kappa shape index (κ2) is 5.19. The maximum atomic E-state index is 10.8. The molecule has 0 aliphatic rings. The molecule has 0 unspecified atom stereocenters. The molecule has 16 heavy (non-hydrogen) atoms. The van der Waals surface area contributed by atoms with E-state index in [1.165, 1.54) is 18.5 Å². The van der Waals surface area contributed by atoms with Gasteiger partial charge in [-0.3, -0.25) is 15.2 Å². The molecule has 1 rings (SSSR count). The number of anilines is 1. The SMILES string of the molecule is N=C(C(N)=O)c1ccncc1NCC(O)O. The van der Waals surface area contributed by atoms with Gasteiger partial charge in [0.2, 0.25) is 0 Å². The fourth-order valence-corrected chi connectivity index (χ4v) is 1.09. The van der Waals surface area contributed by atoms with Gasteiger partial charge in [0, 0.05) is 11.8 Å². The lowest BCUT2D eigenvalue weighted by molar-refractivity contribution is -0.112. The van der Waals surface area contributed by atoms with E-state index >= 15 is 0 Å². The summed E-state index contributed by atoms with van der Waals surface area (Å²) in [5, 5.41) is 27.4. The molecule has 0 bridgehead atoms. The third-order valence-electron chi connectivity index (χ3n) is 1.81. The zero-order valence-electron chi connectivity index (χ0n) is 8.34. The predicted octanol–water partition coefficient (Wildman–Crippen LogP) is -1.34. The minimum atomic E-state index is -1.53. The fourth-order valence-electron chi connectivity index (χ4n) is 1.09. The molecule has 0 aliphatic heterocycles. The minimum Gasteiger partial charge on any atom is -0.378 e. The standard InChI is InChI=1S/C9H12N4O3/c10-8(9(11)16)5-1-2-12-3-6(5)13-4-7(14)15/h1-3,7,10,13-15H,4H2,(H2,11,16). The molecule has 0 saturated heterocycles. The van der Waals surface area contributed by atoms with Crippen LogP contribution in [-0.4, -0.2) is 39.7 Å². The normalized spacial score (nSPS) is 10.2. The highest BCUT2D eigenvalue weighted by Crippen LogP contribution is 2.13.